The molecular weight excluding hydrogens is 292 g/mol. The number of carbonyl (C=O) groups excluding carboxylic acids is 1. The average molecular weight is 320 g/mol. The van der Waals surface area contributed by atoms with Gasteiger partial charge in [0.15, 0.2) is 5.96 Å². The second kappa shape index (κ2) is 8.41. The van der Waals surface area contributed by atoms with E-state index >= 15 is 0 Å². The Hall–Kier alpha value is -2.24. The molecule has 1 aromatic carbocycles. The van der Waals surface area contributed by atoms with Gasteiger partial charge in [-0.2, -0.15) is 0 Å². The highest BCUT2D eigenvalue weighted by molar-refractivity contribution is 5.82. The Morgan fingerprint density at radius 2 is 1.96 bits per heavy atom. The molecule has 1 aromatic rings. The maximum Gasteiger partial charge on any atom is 0.224 e. The van der Waals surface area contributed by atoms with Gasteiger partial charge in [0.05, 0.1) is 19.1 Å². The van der Waals surface area contributed by atoms with E-state index in [1.165, 1.54) is 0 Å². The number of ether oxygens (including phenoxy) is 1. The molecule has 0 radical (unpaired) electrons. The SMILES string of the molecule is CCNC(=NCC(C)(C)C(N)=O)N(C)Cc1ccc(OC)cc1. The molecule has 6 nitrogen and oxygen atoms in total. The van der Waals surface area contributed by atoms with Gasteiger partial charge < -0.3 is 20.7 Å². The third-order valence-electron chi connectivity index (χ3n) is 3.57. The Morgan fingerprint density at radius 3 is 2.43 bits per heavy atom. The summed E-state index contributed by atoms with van der Waals surface area (Å²) in [6.45, 7) is 7.40. The number of carbonyl (C=O) groups is 1. The van der Waals surface area contributed by atoms with Gasteiger partial charge in [-0.25, -0.2) is 0 Å². The first-order valence-electron chi connectivity index (χ1n) is 7.72. The molecule has 1 rings (SSSR count). The lowest BCUT2D eigenvalue weighted by molar-refractivity contribution is -0.125. The largest absolute Gasteiger partial charge is 0.497 e. The predicted molar refractivity (Wildman–Crippen MR) is 93.4 cm³/mol. The first-order chi connectivity index (χ1) is 10.8. The summed E-state index contributed by atoms with van der Waals surface area (Å²) in [5.41, 5.74) is 5.88. The number of aliphatic imine (C=N–C) groups is 1. The fraction of sp³-hybridized carbons (Fsp3) is 0.529. The van der Waals surface area contributed by atoms with E-state index in [0.717, 1.165) is 23.8 Å². The smallest absolute Gasteiger partial charge is 0.224 e. The minimum Gasteiger partial charge on any atom is -0.497 e. The van der Waals surface area contributed by atoms with Crippen molar-refractivity contribution in [2.24, 2.45) is 16.1 Å². The number of guanidine groups is 1. The van der Waals surface area contributed by atoms with Crippen molar-refractivity contribution in [2.45, 2.75) is 27.3 Å². The molecule has 0 aliphatic rings. The first kappa shape index (κ1) is 18.8. The predicted octanol–water partition coefficient (Wildman–Crippen LogP) is 1.60. The molecule has 23 heavy (non-hydrogen) atoms. The molecule has 0 aliphatic heterocycles. The maximum atomic E-state index is 11.4. The second-order valence-corrected chi connectivity index (χ2v) is 6.12. The molecule has 128 valence electrons. The van der Waals surface area contributed by atoms with Crippen LogP contribution in [0.2, 0.25) is 0 Å². The van der Waals surface area contributed by atoms with Crippen LogP contribution in [0.15, 0.2) is 29.3 Å². The minimum atomic E-state index is -0.665. The molecular formula is C17H28N4O2. The Labute approximate surface area is 138 Å². The van der Waals surface area contributed by atoms with E-state index in [4.69, 9.17) is 10.5 Å². The van der Waals surface area contributed by atoms with Gasteiger partial charge in [-0.1, -0.05) is 12.1 Å². The fourth-order valence-corrected chi connectivity index (χ4v) is 1.90. The summed E-state index contributed by atoms with van der Waals surface area (Å²) in [5, 5.41) is 3.24. The molecule has 6 heteroatoms. The molecule has 1 amide bonds. The number of methoxy groups -OCH3 is 1. The molecule has 0 aromatic heterocycles. The van der Waals surface area contributed by atoms with Crippen molar-refractivity contribution in [3.05, 3.63) is 29.8 Å². The number of benzene rings is 1. The minimum absolute atomic E-state index is 0.345. The number of primary amides is 1. The summed E-state index contributed by atoms with van der Waals surface area (Å²) in [5.74, 6) is 1.23. The highest BCUT2D eigenvalue weighted by Gasteiger charge is 2.24. The Kier molecular flexibility index (Phi) is 6.88. The fourth-order valence-electron chi connectivity index (χ4n) is 1.90. The van der Waals surface area contributed by atoms with Crippen LogP contribution in [-0.2, 0) is 11.3 Å². The summed E-state index contributed by atoms with van der Waals surface area (Å²) >= 11 is 0. The number of hydrogen-bond acceptors (Lipinski definition) is 3. The van der Waals surface area contributed by atoms with Gasteiger partial charge in [-0.15, -0.1) is 0 Å². The van der Waals surface area contributed by atoms with Crippen molar-refractivity contribution >= 4 is 11.9 Å². The van der Waals surface area contributed by atoms with E-state index in [0.29, 0.717) is 13.1 Å². The standard InChI is InChI=1S/C17H28N4O2/c1-6-19-16(20-12-17(2,3)15(18)22)21(4)11-13-7-9-14(23-5)10-8-13/h7-10H,6,11-12H2,1-5H3,(H2,18,22)(H,19,20). The van der Waals surface area contributed by atoms with Crippen molar-refractivity contribution in [3.63, 3.8) is 0 Å². The highest BCUT2D eigenvalue weighted by atomic mass is 16.5. The summed E-state index contributed by atoms with van der Waals surface area (Å²) < 4.78 is 5.17. The van der Waals surface area contributed by atoms with Gasteiger partial charge in [0.1, 0.15) is 5.75 Å². The van der Waals surface area contributed by atoms with Crippen molar-refractivity contribution in [1.82, 2.24) is 10.2 Å². The molecule has 0 atom stereocenters. The molecule has 0 saturated carbocycles. The number of amides is 1. The van der Waals surface area contributed by atoms with Gasteiger partial charge in [-0.05, 0) is 38.5 Å². The van der Waals surface area contributed by atoms with E-state index in [9.17, 15) is 4.79 Å². The normalized spacial score (nSPS) is 12.0. The summed E-state index contributed by atoms with van der Waals surface area (Å²) in [7, 11) is 3.61. The summed E-state index contributed by atoms with van der Waals surface area (Å²) in [6.07, 6.45) is 0. The molecule has 0 saturated heterocycles. The maximum absolute atomic E-state index is 11.4. The zero-order valence-electron chi connectivity index (χ0n) is 14.7. The van der Waals surface area contributed by atoms with Crippen LogP contribution in [0.4, 0.5) is 0 Å². The van der Waals surface area contributed by atoms with Crippen LogP contribution < -0.4 is 15.8 Å². The van der Waals surface area contributed by atoms with Gasteiger partial charge in [0.25, 0.3) is 0 Å². The average Bonchev–Trinajstić information content (AvgIpc) is 2.51. The Morgan fingerprint density at radius 1 is 1.35 bits per heavy atom. The molecule has 0 spiro atoms. The zero-order chi connectivity index (χ0) is 17.5. The van der Waals surface area contributed by atoms with Gasteiger partial charge in [0, 0.05) is 20.1 Å². The molecule has 0 heterocycles. The van der Waals surface area contributed by atoms with E-state index in [2.05, 4.69) is 10.3 Å². The highest BCUT2D eigenvalue weighted by Crippen LogP contribution is 2.15. The lowest BCUT2D eigenvalue weighted by Gasteiger charge is -2.24. The van der Waals surface area contributed by atoms with E-state index in [-0.39, 0.29) is 5.91 Å². The van der Waals surface area contributed by atoms with Crippen LogP contribution in [0.25, 0.3) is 0 Å². The van der Waals surface area contributed by atoms with E-state index in [1.807, 2.05) is 43.1 Å². The Balaban J connectivity index is 2.80. The van der Waals surface area contributed by atoms with Crippen molar-refractivity contribution < 1.29 is 9.53 Å². The van der Waals surface area contributed by atoms with Crippen molar-refractivity contribution in [2.75, 3.05) is 27.2 Å². The zero-order valence-corrected chi connectivity index (χ0v) is 14.7. The van der Waals surface area contributed by atoms with Crippen LogP contribution >= 0.6 is 0 Å². The third-order valence-corrected chi connectivity index (χ3v) is 3.57. The van der Waals surface area contributed by atoms with Crippen LogP contribution in [0.3, 0.4) is 0 Å². The van der Waals surface area contributed by atoms with E-state index < -0.39 is 5.41 Å². The molecule has 0 fully saturated rings. The summed E-state index contributed by atoms with van der Waals surface area (Å²) in [6, 6.07) is 7.91. The third kappa shape index (κ3) is 5.81. The number of rotatable bonds is 7. The number of hydrogen-bond donors (Lipinski definition) is 2. The molecule has 3 N–H and O–H groups in total. The lowest BCUT2D eigenvalue weighted by atomic mass is 9.93. The van der Waals surface area contributed by atoms with Crippen LogP contribution in [0, 0.1) is 5.41 Å². The summed E-state index contributed by atoms with van der Waals surface area (Å²) in [4.78, 5) is 18.0. The van der Waals surface area contributed by atoms with Gasteiger partial charge >= 0.3 is 0 Å². The molecule has 0 bridgehead atoms. The number of nitrogens with one attached hydrogen (secondary N) is 1. The molecule has 0 aliphatic carbocycles. The lowest BCUT2D eigenvalue weighted by Crippen LogP contribution is -2.40. The van der Waals surface area contributed by atoms with Crippen LogP contribution in [0.5, 0.6) is 5.75 Å². The van der Waals surface area contributed by atoms with Gasteiger partial charge in [0.2, 0.25) is 5.91 Å². The van der Waals surface area contributed by atoms with Crippen molar-refractivity contribution in [3.8, 4) is 5.75 Å². The Bertz CT molecular complexity index is 538. The van der Waals surface area contributed by atoms with E-state index in [1.54, 1.807) is 21.0 Å². The van der Waals surface area contributed by atoms with Crippen molar-refractivity contribution in [1.29, 1.82) is 0 Å². The number of nitrogens with two attached hydrogens (primary N) is 1. The van der Waals surface area contributed by atoms with Crippen LogP contribution in [-0.4, -0.2) is 44.0 Å². The molecule has 0 unspecified atom stereocenters. The quantitative estimate of drug-likeness (QED) is 0.591. The monoisotopic (exact) mass is 320 g/mol. The second-order valence-electron chi connectivity index (χ2n) is 6.12. The van der Waals surface area contributed by atoms with Gasteiger partial charge in [-0.3, -0.25) is 9.79 Å². The first-order valence-corrected chi connectivity index (χ1v) is 7.72. The van der Waals surface area contributed by atoms with Crippen LogP contribution in [0.1, 0.15) is 26.3 Å². The number of nitrogens with zero attached hydrogens (tertiary/aromatic N) is 2. The topological polar surface area (TPSA) is 79.9 Å².